The Balaban J connectivity index is 2.21. The highest BCUT2D eigenvalue weighted by molar-refractivity contribution is 7.80. The molecule has 0 saturated heterocycles. The lowest BCUT2D eigenvalue weighted by atomic mass is 10.1. The zero-order valence-corrected chi connectivity index (χ0v) is 12.6. The molecule has 2 aromatic rings. The number of amides is 1. The van der Waals surface area contributed by atoms with E-state index in [1.54, 1.807) is 24.3 Å². The molecule has 2 aromatic carbocycles. The molecule has 0 bridgehead atoms. The summed E-state index contributed by atoms with van der Waals surface area (Å²) in [4.78, 5) is 23.2. The first kappa shape index (κ1) is 16.2. The maximum absolute atomic E-state index is 12.2. The largest absolute Gasteiger partial charge is 0.507 e. The van der Waals surface area contributed by atoms with Crippen LogP contribution in [0.1, 0.15) is 20.7 Å². The fraction of sp³-hybridized carbons (Fsp3) is 0. The molecule has 8 heteroatoms. The zero-order chi connectivity index (χ0) is 17.0. The summed E-state index contributed by atoms with van der Waals surface area (Å²) in [5, 5.41) is 23.8. The highest BCUT2D eigenvalue weighted by Crippen LogP contribution is 2.22. The van der Waals surface area contributed by atoms with E-state index in [-0.39, 0.29) is 22.1 Å². The Morgan fingerprint density at radius 2 is 1.74 bits per heavy atom. The van der Waals surface area contributed by atoms with Gasteiger partial charge in [0.15, 0.2) is 5.11 Å². The van der Waals surface area contributed by atoms with Gasteiger partial charge in [0.05, 0.1) is 0 Å². The predicted octanol–water partition coefficient (Wildman–Crippen LogP) is 2.00. The molecule has 0 saturated carbocycles. The van der Waals surface area contributed by atoms with Crippen molar-refractivity contribution in [1.82, 2.24) is 0 Å². The number of carbonyl (C=O) groups is 2. The second kappa shape index (κ2) is 6.75. The van der Waals surface area contributed by atoms with Gasteiger partial charge in [-0.05, 0) is 48.6 Å². The van der Waals surface area contributed by atoms with Crippen LogP contribution in [0, 0.1) is 0 Å². The molecule has 6 N–H and O–H groups in total. The molecule has 118 valence electrons. The molecule has 2 rings (SSSR count). The molecule has 0 aliphatic carbocycles. The average Bonchev–Trinajstić information content (AvgIpc) is 2.48. The van der Waals surface area contributed by atoms with Gasteiger partial charge in [0.2, 0.25) is 0 Å². The lowest BCUT2D eigenvalue weighted by molar-refractivity contribution is 0.0693. The smallest absolute Gasteiger partial charge is 0.339 e. The maximum atomic E-state index is 12.2. The summed E-state index contributed by atoms with van der Waals surface area (Å²) >= 11 is 4.73. The van der Waals surface area contributed by atoms with Crippen molar-refractivity contribution in [2.45, 2.75) is 0 Å². The Morgan fingerprint density at radius 1 is 1.04 bits per heavy atom. The summed E-state index contributed by atoms with van der Waals surface area (Å²) in [5.41, 5.74) is 6.21. The number of rotatable bonds is 4. The third-order valence-electron chi connectivity index (χ3n) is 2.88. The first-order valence-corrected chi connectivity index (χ1v) is 6.82. The number of aromatic carboxylic acids is 1. The van der Waals surface area contributed by atoms with Crippen molar-refractivity contribution in [1.29, 1.82) is 0 Å². The Kier molecular flexibility index (Phi) is 4.77. The molecule has 1 amide bonds. The minimum absolute atomic E-state index is 0.0761. The lowest BCUT2D eigenvalue weighted by Crippen LogP contribution is -2.19. The third-order valence-corrected chi connectivity index (χ3v) is 2.98. The summed E-state index contributed by atoms with van der Waals surface area (Å²) in [6.45, 7) is 0. The van der Waals surface area contributed by atoms with Gasteiger partial charge in [-0.3, -0.25) is 4.79 Å². The number of hydrogen-bond donors (Lipinski definition) is 5. The molecule has 0 unspecified atom stereocenters. The number of carbonyl (C=O) groups excluding carboxylic acids is 1. The predicted molar refractivity (Wildman–Crippen MR) is 89.9 cm³/mol. The van der Waals surface area contributed by atoms with Crippen molar-refractivity contribution in [3.05, 3.63) is 53.6 Å². The van der Waals surface area contributed by atoms with Crippen LogP contribution >= 0.6 is 12.2 Å². The van der Waals surface area contributed by atoms with Gasteiger partial charge in [0, 0.05) is 16.9 Å². The van der Waals surface area contributed by atoms with Crippen LogP contribution < -0.4 is 16.4 Å². The van der Waals surface area contributed by atoms with E-state index in [1.807, 2.05) is 0 Å². The number of hydrogen-bond acceptors (Lipinski definition) is 4. The molecule has 0 radical (unpaired) electrons. The van der Waals surface area contributed by atoms with Crippen molar-refractivity contribution < 1.29 is 19.8 Å². The van der Waals surface area contributed by atoms with E-state index < -0.39 is 11.9 Å². The molecule has 0 heterocycles. The van der Waals surface area contributed by atoms with Crippen LogP contribution in [-0.2, 0) is 0 Å². The van der Waals surface area contributed by atoms with E-state index in [1.165, 1.54) is 18.2 Å². The summed E-state index contributed by atoms with van der Waals surface area (Å²) in [6, 6.07) is 10.2. The monoisotopic (exact) mass is 331 g/mol. The average molecular weight is 331 g/mol. The highest BCUT2D eigenvalue weighted by atomic mass is 32.1. The maximum Gasteiger partial charge on any atom is 0.339 e. The molecule has 0 fully saturated rings. The number of thiocarbonyl (C=S) groups is 1. The zero-order valence-electron chi connectivity index (χ0n) is 11.7. The fourth-order valence-corrected chi connectivity index (χ4v) is 1.99. The SMILES string of the molecule is NC(=S)Nc1cccc(C(=O)Nc2ccc(O)c(C(=O)O)c2)c1. The van der Waals surface area contributed by atoms with E-state index in [0.717, 1.165) is 0 Å². The molecule has 23 heavy (non-hydrogen) atoms. The summed E-state index contributed by atoms with van der Waals surface area (Å²) in [7, 11) is 0. The van der Waals surface area contributed by atoms with Crippen LogP contribution in [0.4, 0.5) is 11.4 Å². The number of carboxylic acids is 1. The topological polar surface area (TPSA) is 125 Å². The van der Waals surface area contributed by atoms with Gasteiger partial charge in [0.1, 0.15) is 11.3 Å². The molecular weight excluding hydrogens is 318 g/mol. The van der Waals surface area contributed by atoms with E-state index in [0.29, 0.717) is 11.3 Å². The minimum Gasteiger partial charge on any atom is -0.507 e. The first-order valence-electron chi connectivity index (χ1n) is 6.41. The lowest BCUT2D eigenvalue weighted by Gasteiger charge is -2.09. The first-order chi connectivity index (χ1) is 10.9. The van der Waals surface area contributed by atoms with Gasteiger partial charge in [-0.2, -0.15) is 0 Å². The van der Waals surface area contributed by atoms with E-state index in [4.69, 9.17) is 23.1 Å². The van der Waals surface area contributed by atoms with Crippen LogP contribution in [0.3, 0.4) is 0 Å². The molecule has 0 spiro atoms. The Bertz CT molecular complexity index is 792. The number of nitrogens with one attached hydrogen (secondary N) is 2. The molecule has 7 nitrogen and oxygen atoms in total. The van der Waals surface area contributed by atoms with Gasteiger partial charge in [0.25, 0.3) is 5.91 Å². The Hall–Kier alpha value is -3.13. The fourth-order valence-electron chi connectivity index (χ4n) is 1.87. The van der Waals surface area contributed by atoms with Gasteiger partial charge in [-0.15, -0.1) is 0 Å². The number of aromatic hydroxyl groups is 1. The van der Waals surface area contributed by atoms with E-state index >= 15 is 0 Å². The van der Waals surface area contributed by atoms with Crippen molar-refractivity contribution in [2.75, 3.05) is 10.6 Å². The molecule has 0 aromatic heterocycles. The van der Waals surface area contributed by atoms with Crippen molar-refractivity contribution in [3.63, 3.8) is 0 Å². The third kappa shape index (κ3) is 4.17. The number of benzene rings is 2. The Labute approximate surface area is 136 Å². The highest BCUT2D eigenvalue weighted by Gasteiger charge is 2.12. The summed E-state index contributed by atoms with van der Waals surface area (Å²) in [5.74, 6) is -2.11. The number of anilines is 2. The van der Waals surface area contributed by atoms with Crippen LogP contribution in [-0.4, -0.2) is 27.2 Å². The summed E-state index contributed by atoms with van der Waals surface area (Å²) in [6.07, 6.45) is 0. The van der Waals surface area contributed by atoms with Gasteiger partial charge in [-0.25, -0.2) is 4.79 Å². The van der Waals surface area contributed by atoms with E-state index in [9.17, 15) is 14.7 Å². The van der Waals surface area contributed by atoms with Crippen molar-refractivity contribution >= 4 is 40.6 Å². The van der Waals surface area contributed by atoms with Gasteiger partial charge in [-0.1, -0.05) is 6.07 Å². The quantitative estimate of drug-likeness (QED) is 0.428. The minimum atomic E-state index is -1.29. The number of nitrogens with two attached hydrogens (primary N) is 1. The number of carboxylic acid groups (broad SMARTS) is 1. The molecular formula is C15H13N3O4S. The summed E-state index contributed by atoms with van der Waals surface area (Å²) < 4.78 is 0. The molecule has 0 aliphatic heterocycles. The van der Waals surface area contributed by atoms with Crippen LogP contribution in [0.5, 0.6) is 5.75 Å². The molecule has 0 aliphatic rings. The van der Waals surface area contributed by atoms with Crippen molar-refractivity contribution in [2.24, 2.45) is 5.73 Å². The van der Waals surface area contributed by atoms with Crippen LogP contribution in [0.2, 0.25) is 0 Å². The Morgan fingerprint density at radius 3 is 2.39 bits per heavy atom. The molecule has 0 atom stereocenters. The normalized spacial score (nSPS) is 9.91. The number of phenols is 1. The van der Waals surface area contributed by atoms with Crippen LogP contribution in [0.15, 0.2) is 42.5 Å². The second-order valence-corrected chi connectivity index (χ2v) is 5.00. The standard InChI is InChI=1S/C15H13N3O4S/c16-15(23)18-9-3-1-2-8(6-9)13(20)17-10-4-5-12(19)11(7-10)14(21)22/h1-7,19H,(H,17,20)(H,21,22)(H3,16,18,23). The van der Waals surface area contributed by atoms with E-state index in [2.05, 4.69) is 10.6 Å². The second-order valence-electron chi connectivity index (χ2n) is 4.56. The van der Waals surface area contributed by atoms with Crippen LogP contribution in [0.25, 0.3) is 0 Å². The van der Waals surface area contributed by atoms with Gasteiger partial charge < -0.3 is 26.6 Å². The van der Waals surface area contributed by atoms with Crippen molar-refractivity contribution in [3.8, 4) is 5.75 Å². The van der Waals surface area contributed by atoms with Gasteiger partial charge >= 0.3 is 5.97 Å².